The molecule has 0 aliphatic rings. The van der Waals surface area contributed by atoms with Gasteiger partial charge in [0.2, 0.25) is 0 Å². The highest BCUT2D eigenvalue weighted by atomic mass is 16.7. The summed E-state index contributed by atoms with van der Waals surface area (Å²) in [7, 11) is 0. The van der Waals surface area contributed by atoms with Crippen LogP contribution in [0.25, 0.3) is 0 Å². The van der Waals surface area contributed by atoms with E-state index in [1.54, 1.807) is 6.92 Å². The van der Waals surface area contributed by atoms with Gasteiger partial charge < -0.3 is 4.84 Å². The Morgan fingerprint density at radius 1 is 1.64 bits per heavy atom. The van der Waals surface area contributed by atoms with Crippen LogP contribution in [0.3, 0.4) is 0 Å². The van der Waals surface area contributed by atoms with E-state index in [0.29, 0.717) is 0 Å². The third-order valence-corrected chi connectivity index (χ3v) is 1.11. The second-order valence-corrected chi connectivity index (χ2v) is 2.08. The monoisotopic (exact) mass is 157 g/mol. The fourth-order valence-corrected chi connectivity index (χ4v) is 0.271. The molecule has 0 saturated carbocycles. The zero-order valence-electron chi connectivity index (χ0n) is 6.59. The van der Waals surface area contributed by atoms with Crippen molar-refractivity contribution in [3.8, 4) is 0 Å². The van der Waals surface area contributed by atoms with Gasteiger partial charge in [-0.15, -0.1) is 5.48 Å². The van der Waals surface area contributed by atoms with Gasteiger partial charge in [-0.1, -0.05) is 6.58 Å². The lowest BCUT2D eigenvalue weighted by Gasteiger charge is -2.07. The summed E-state index contributed by atoms with van der Waals surface area (Å²) in [5, 5.41) is 0. The number of carbonyl (C=O) groups excluding carboxylic acids is 2. The molecule has 11 heavy (non-hydrogen) atoms. The predicted molar refractivity (Wildman–Crippen MR) is 39.6 cm³/mol. The van der Waals surface area contributed by atoms with Gasteiger partial charge in [0.15, 0.2) is 0 Å². The highest BCUT2D eigenvalue weighted by Crippen LogP contribution is 1.83. The number of carbonyl (C=O) groups is 2. The molecule has 0 radical (unpaired) electrons. The Bertz CT molecular complexity index is 177. The molecule has 1 atom stereocenters. The Kier molecular flexibility index (Phi) is 4.14. The van der Waals surface area contributed by atoms with E-state index in [0.717, 1.165) is 6.08 Å². The minimum Gasteiger partial charge on any atom is -0.367 e. The summed E-state index contributed by atoms with van der Waals surface area (Å²) in [5.74, 6) is -0.694. The average Bonchev–Trinajstić information content (AvgIpc) is 1.99. The van der Waals surface area contributed by atoms with Crippen molar-refractivity contribution in [2.24, 2.45) is 0 Å². The molecule has 0 spiro atoms. The van der Waals surface area contributed by atoms with Crippen molar-refractivity contribution in [1.82, 2.24) is 5.48 Å². The van der Waals surface area contributed by atoms with Gasteiger partial charge >= 0.3 is 5.97 Å². The molecule has 1 N–H and O–H groups in total. The maximum absolute atomic E-state index is 10.6. The Morgan fingerprint density at radius 2 is 2.18 bits per heavy atom. The Hall–Kier alpha value is -1.16. The first-order valence-electron chi connectivity index (χ1n) is 3.17. The van der Waals surface area contributed by atoms with Crippen LogP contribution in [0.4, 0.5) is 0 Å². The summed E-state index contributed by atoms with van der Waals surface area (Å²) in [6.07, 6.45) is 1.01. The van der Waals surface area contributed by atoms with Crippen LogP contribution >= 0.6 is 0 Å². The lowest BCUT2D eigenvalue weighted by atomic mass is 10.3. The van der Waals surface area contributed by atoms with Crippen LogP contribution in [0, 0.1) is 0 Å². The smallest absolute Gasteiger partial charge is 0.348 e. The van der Waals surface area contributed by atoms with E-state index >= 15 is 0 Å². The normalized spacial score (nSPS) is 11.8. The molecule has 62 valence electrons. The molecule has 0 aliphatic heterocycles. The van der Waals surface area contributed by atoms with Crippen molar-refractivity contribution in [3.63, 3.8) is 0 Å². The summed E-state index contributed by atoms with van der Waals surface area (Å²) < 4.78 is 0. The highest BCUT2D eigenvalue weighted by molar-refractivity contribution is 5.82. The predicted octanol–water partition coefficient (Wildman–Crippen LogP) is 0.198. The van der Waals surface area contributed by atoms with Gasteiger partial charge in [0.1, 0.15) is 5.78 Å². The zero-order valence-corrected chi connectivity index (χ0v) is 6.59. The van der Waals surface area contributed by atoms with E-state index in [9.17, 15) is 9.59 Å². The number of hydroxylamine groups is 1. The van der Waals surface area contributed by atoms with E-state index < -0.39 is 12.0 Å². The fourth-order valence-electron chi connectivity index (χ4n) is 0.271. The molecule has 0 amide bonds. The second kappa shape index (κ2) is 4.62. The van der Waals surface area contributed by atoms with Crippen LogP contribution in [0.1, 0.15) is 13.8 Å². The van der Waals surface area contributed by atoms with Crippen molar-refractivity contribution in [2.45, 2.75) is 19.9 Å². The van der Waals surface area contributed by atoms with Gasteiger partial charge in [0.25, 0.3) is 0 Å². The molecular formula is C7H11NO3. The van der Waals surface area contributed by atoms with Gasteiger partial charge in [-0.05, 0) is 13.8 Å². The molecule has 0 rings (SSSR count). The largest absolute Gasteiger partial charge is 0.367 e. The van der Waals surface area contributed by atoms with Gasteiger partial charge in [-0.3, -0.25) is 4.79 Å². The van der Waals surface area contributed by atoms with E-state index in [4.69, 9.17) is 0 Å². The SMILES string of the molecule is C=CC(=O)ONC(C)C(C)=O. The first-order chi connectivity index (χ1) is 5.07. The first kappa shape index (κ1) is 9.84. The highest BCUT2D eigenvalue weighted by Gasteiger charge is 2.07. The van der Waals surface area contributed by atoms with Crippen molar-refractivity contribution < 1.29 is 14.4 Å². The van der Waals surface area contributed by atoms with Gasteiger partial charge in [-0.2, -0.15) is 0 Å². The number of hydrogen-bond acceptors (Lipinski definition) is 4. The van der Waals surface area contributed by atoms with Crippen molar-refractivity contribution in [3.05, 3.63) is 12.7 Å². The summed E-state index contributed by atoms with van der Waals surface area (Å²) >= 11 is 0. The number of ketones is 1. The van der Waals surface area contributed by atoms with Crippen molar-refractivity contribution in [1.29, 1.82) is 0 Å². The Morgan fingerprint density at radius 3 is 2.55 bits per heavy atom. The lowest BCUT2D eigenvalue weighted by molar-refractivity contribution is -0.147. The van der Waals surface area contributed by atoms with Gasteiger partial charge in [0, 0.05) is 6.08 Å². The van der Waals surface area contributed by atoms with Crippen LogP contribution in [0.5, 0.6) is 0 Å². The maximum Gasteiger partial charge on any atom is 0.348 e. The molecule has 0 bridgehead atoms. The number of rotatable bonds is 4. The Balaban J connectivity index is 3.62. The molecule has 0 fully saturated rings. The average molecular weight is 157 g/mol. The van der Waals surface area contributed by atoms with Crippen LogP contribution in [-0.4, -0.2) is 17.8 Å². The third kappa shape index (κ3) is 4.27. The van der Waals surface area contributed by atoms with Gasteiger partial charge in [0.05, 0.1) is 6.04 Å². The molecule has 0 aliphatic carbocycles. The lowest BCUT2D eigenvalue weighted by Crippen LogP contribution is -2.33. The summed E-state index contributed by atoms with van der Waals surface area (Å²) in [4.78, 5) is 25.4. The van der Waals surface area contributed by atoms with Crippen LogP contribution in [0.2, 0.25) is 0 Å². The number of nitrogens with one attached hydrogen (secondary N) is 1. The standard InChI is InChI=1S/C7H11NO3/c1-4-7(10)11-8-5(2)6(3)9/h4-5,8H,1H2,2-3H3. The first-order valence-corrected chi connectivity index (χ1v) is 3.17. The van der Waals surface area contributed by atoms with E-state index in [2.05, 4.69) is 16.9 Å². The molecule has 4 nitrogen and oxygen atoms in total. The summed E-state index contributed by atoms with van der Waals surface area (Å²) in [6.45, 7) is 6.18. The van der Waals surface area contributed by atoms with Crippen LogP contribution in [-0.2, 0) is 14.4 Å². The summed E-state index contributed by atoms with van der Waals surface area (Å²) in [6, 6.07) is -0.473. The van der Waals surface area contributed by atoms with Crippen LogP contribution in [0.15, 0.2) is 12.7 Å². The van der Waals surface area contributed by atoms with E-state index in [-0.39, 0.29) is 5.78 Å². The minimum absolute atomic E-state index is 0.0955. The second-order valence-electron chi connectivity index (χ2n) is 2.08. The number of Topliss-reactive ketones (excluding diaryl/α,β-unsaturated/α-hetero) is 1. The maximum atomic E-state index is 10.6. The van der Waals surface area contributed by atoms with Crippen molar-refractivity contribution >= 4 is 11.8 Å². The quantitative estimate of drug-likeness (QED) is 0.467. The molecule has 0 aromatic rings. The van der Waals surface area contributed by atoms with Crippen molar-refractivity contribution in [2.75, 3.05) is 0 Å². The number of hydrogen-bond donors (Lipinski definition) is 1. The van der Waals surface area contributed by atoms with Gasteiger partial charge in [-0.25, -0.2) is 4.79 Å². The molecule has 0 aromatic carbocycles. The minimum atomic E-state index is -0.599. The molecular weight excluding hydrogens is 146 g/mol. The Labute approximate surface area is 65.2 Å². The third-order valence-electron chi connectivity index (χ3n) is 1.11. The topological polar surface area (TPSA) is 55.4 Å². The summed E-state index contributed by atoms with van der Waals surface area (Å²) in [5.41, 5.74) is 2.26. The van der Waals surface area contributed by atoms with E-state index in [1.807, 2.05) is 0 Å². The van der Waals surface area contributed by atoms with E-state index in [1.165, 1.54) is 6.92 Å². The fraction of sp³-hybridized carbons (Fsp3) is 0.429. The molecule has 1 unspecified atom stereocenters. The molecule has 0 heterocycles. The molecule has 0 aromatic heterocycles. The molecule has 4 heteroatoms. The zero-order chi connectivity index (χ0) is 8.85. The van der Waals surface area contributed by atoms with Crippen LogP contribution < -0.4 is 5.48 Å². The molecule has 0 saturated heterocycles.